The summed E-state index contributed by atoms with van der Waals surface area (Å²) in [6, 6.07) is 13.3. The number of nitrogens with one attached hydrogen (secondary N) is 2. The lowest BCUT2D eigenvalue weighted by Gasteiger charge is -2.25. The molecule has 1 fully saturated rings. The summed E-state index contributed by atoms with van der Waals surface area (Å²) >= 11 is 0. The van der Waals surface area contributed by atoms with Crippen LogP contribution < -0.4 is 15.5 Å². The van der Waals surface area contributed by atoms with Crippen molar-refractivity contribution >= 4 is 23.2 Å². The van der Waals surface area contributed by atoms with Gasteiger partial charge in [-0.1, -0.05) is 6.07 Å². The number of carbonyl (C=O) groups is 1. The Morgan fingerprint density at radius 2 is 1.90 bits per heavy atom. The molecule has 1 amide bonds. The first-order valence-corrected chi connectivity index (χ1v) is 9.97. The maximum absolute atomic E-state index is 13.2. The molecule has 0 aromatic heterocycles. The van der Waals surface area contributed by atoms with Crippen LogP contribution in [0.25, 0.3) is 0 Å². The van der Waals surface area contributed by atoms with Gasteiger partial charge in [-0.3, -0.25) is 20.0 Å². The van der Waals surface area contributed by atoms with Gasteiger partial charge in [0.1, 0.15) is 5.82 Å². The van der Waals surface area contributed by atoms with Gasteiger partial charge in [-0.25, -0.2) is 4.39 Å². The van der Waals surface area contributed by atoms with Crippen LogP contribution >= 0.6 is 0 Å². The molecular weight excluding hydrogens is 385 g/mol. The molecule has 7 nitrogen and oxygen atoms in total. The second-order valence-electron chi connectivity index (χ2n) is 7.22. The molecule has 0 bridgehead atoms. The summed E-state index contributed by atoms with van der Waals surface area (Å²) in [6.45, 7) is 4.48. The summed E-state index contributed by atoms with van der Waals surface area (Å²) < 4.78 is 18.6. The van der Waals surface area contributed by atoms with Gasteiger partial charge in [0.05, 0.1) is 19.8 Å². The number of hydrogen-bond donors (Lipinski definition) is 2. The first-order chi connectivity index (χ1) is 14.5. The zero-order chi connectivity index (χ0) is 21.3. The van der Waals surface area contributed by atoms with Crippen LogP contribution in [0, 0.1) is 5.82 Å². The van der Waals surface area contributed by atoms with E-state index in [0.717, 1.165) is 38.5 Å². The minimum absolute atomic E-state index is 0.265. The molecule has 2 aromatic rings. The largest absolute Gasteiger partial charge is 0.379 e. The van der Waals surface area contributed by atoms with E-state index in [1.54, 1.807) is 18.2 Å². The Labute approximate surface area is 176 Å². The quantitative estimate of drug-likeness (QED) is 0.562. The number of aliphatic imine (C=N–C) groups is 1. The molecule has 1 heterocycles. The average Bonchev–Trinajstić information content (AvgIpc) is 2.76. The molecule has 0 unspecified atom stereocenters. The summed E-state index contributed by atoms with van der Waals surface area (Å²) in [4.78, 5) is 21.6. The number of carbonyl (C=O) groups excluding carboxylic acids is 1. The predicted octanol–water partition coefficient (Wildman–Crippen LogP) is 2.42. The van der Waals surface area contributed by atoms with Crippen molar-refractivity contribution in [3.63, 3.8) is 0 Å². The van der Waals surface area contributed by atoms with Crippen LogP contribution in [0.2, 0.25) is 0 Å². The van der Waals surface area contributed by atoms with Gasteiger partial charge in [-0.05, 0) is 42.5 Å². The topological polar surface area (TPSA) is 69.2 Å². The number of guanidine groups is 1. The molecule has 2 aromatic carbocycles. The third kappa shape index (κ3) is 6.53. The van der Waals surface area contributed by atoms with Gasteiger partial charge in [-0.15, -0.1) is 0 Å². The Balaban J connectivity index is 1.70. The fourth-order valence-electron chi connectivity index (χ4n) is 3.01. The molecule has 0 aliphatic carbocycles. The van der Waals surface area contributed by atoms with Crippen LogP contribution in [-0.4, -0.2) is 70.3 Å². The van der Waals surface area contributed by atoms with Gasteiger partial charge >= 0.3 is 0 Å². The molecule has 0 saturated carbocycles. The van der Waals surface area contributed by atoms with Crippen LogP contribution in [0.4, 0.5) is 15.8 Å². The van der Waals surface area contributed by atoms with Gasteiger partial charge in [0.15, 0.2) is 0 Å². The first kappa shape index (κ1) is 21.7. The maximum Gasteiger partial charge on any atom is 0.258 e. The molecular formula is C22H28FN5O2. The molecule has 0 atom stereocenters. The number of ether oxygens (including phenoxy) is 1. The molecule has 8 heteroatoms. The zero-order valence-corrected chi connectivity index (χ0v) is 17.4. The fourth-order valence-corrected chi connectivity index (χ4v) is 3.01. The van der Waals surface area contributed by atoms with Crippen LogP contribution in [0.1, 0.15) is 10.4 Å². The van der Waals surface area contributed by atoms with E-state index in [1.165, 1.54) is 12.1 Å². The van der Waals surface area contributed by atoms with Crippen LogP contribution in [0.3, 0.4) is 0 Å². The molecule has 30 heavy (non-hydrogen) atoms. The lowest BCUT2D eigenvalue weighted by Crippen LogP contribution is -2.39. The van der Waals surface area contributed by atoms with E-state index < -0.39 is 0 Å². The number of hydrogen-bond acceptors (Lipinski definition) is 5. The highest BCUT2D eigenvalue weighted by molar-refractivity contribution is 6.10. The molecule has 0 radical (unpaired) electrons. The minimum Gasteiger partial charge on any atom is -0.379 e. The van der Waals surface area contributed by atoms with Crippen LogP contribution in [0.5, 0.6) is 0 Å². The Kier molecular flexibility index (Phi) is 7.75. The number of nitrogens with zero attached hydrogens (tertiary/aromatic N) is 3. The normalized spacial score (nSPS) is 15.0. The molecule has 0 spiro atoms. The highest BCUT2D eigenvalue weighted by Crippen LogP contribution is 2.13. The standard InChI is InChI=1S/C22H28FN5O2/c1-27(2)20-5-3-4-17(16-20)21(29)26-22(25-19-8-6-18(23)7-9-19)24-10-11-28-12-14-30-15-13-28/h3-9,16H,10-15H2,1-2H3,(H2,24,25,26,29). The van der Waals surface area contributed by atoms with E-state index in [4.69, 9.17) is 4.74 Å². The van der Waals surface area contributed by atoms with Crippen molar-refractivity contribution in [2.45, 2.75) is 0 Å². The second-order valence-corrected chi connectivity index (χ2v) is 7.22. The monoisotopic (exact) mass is 413 g/mol. The van der Waals surface area contributed by atoms with Gasteiger partial charge < -0.3 is 15.0 Å². The average molecular weight is 413 g/mol. The number of rotatable bonds is 6. The molecule has 2 N–H and O–H groups in total. The lowest BCUT2D eigenvalue weighted by molar-refractivity contribution is 0.0394. The van der Waals surface area contributed by atoms with E-state index in [-0.39, 0.29) is 11.7 Å². The van der Waals surface area contributed by atoms with Crippen LogP contribution in [-0.2, 0) is 4.74 Å². The van der Waals surface area contributed by atoms with Crippen molar-refractivity contribution in [2.24, 2.45) is 4.99 Å². The smallest absolute Gasteiger partial charge is 0.258 e. The highest BCUT2D eigenvalue weighted by Gasteiger charge is 2.12. The predicted molar refractivity (Wildman–Crippen MR) is 118 cm³/mol. The number of morpholine rings is 1. The fraction of sp³-hybridized carbons (Fsp3) is 0.364. The number of benzene rings is 2. The van der Waals surface area contributed by atoms with Gasteiger partial charge in [-0.2, -0.15) is 0 Å². The minimum atomic E-state index is -0.323. The van der Waals surface area contributed by atoms with E-state index >= 15 is 0 Å². The van der Waals surface area contributed by atoms with Crippen LogP contribution in [0.15, 0.2) is 53.5 Å². The van der Waals surface area contributed by atoms with Crippen molar-refractivity contribution < 1.29 is 13.9 Å². The number of anilines is 2. The van der Waals surface area contributed by atoms with Crippen molar-refractivity contribution in [3.05, 3.63) is 59.9 Å². The summed E-state index contributed by atoms with van der Waals surface area (Å²) in [5.41, 5.74) is 2.10. The Morgan fingerprint density at radius 3 is 2.60 bits per heavy atom. The molecule has 1 saturated heterocycles. The first-order valence-electron chi connectivity index (χ1n) is 9.97. The number of halogens is 1. The maximum atomic E-state index is 13.2. The van der Waals surface area contributed by atoms with E-state index in [0.29, 0.717) is 23.8 Å². The highest BCUT2D eigenvalue weighted by atomic mass is 19.1. The van der Waals surface area contributed by atoms with Crippen molar-refractivity contribution in [3.8, 4) is 0 Å². The van der Waals surface area contributed by atoms with Gasteiger partial charge in [0.2, 0.25) is 5.96 Å². The van der Waals surface area contributed by atoms with Crippen molar-refractivity contribution in [2.75, 3.05) is 63.7 Å². The summed E-state index contributed by atoms with van der Waals surface area (Å²) in [5, 5.41) is 5.92. The molecule has 3 rings (SSSR count). The zero-order valence-electron chi connectivity index (χ0n) is 17.4. The van der Waals surface area contributed by atoms with Crippen molar-refractivity contribution in [1.82, 2.24) is 10.2 Å². The molecule has 160 valence electrons. The Hall–Kier alpha value is -2.97. The molecule has 1 aliphatic rings. The van der Waals surface area contributed by atoms with Gasteiger partial charge in [0.25, 0.3) is 5.91 Å². The Bertz CT molecular complexity index is 864. The third-order valence-corrected chi connectivity index (χ3v) is 4.75. The summed E-state index contributed by atoms with van der Waals surface area (Å²) in [6.07, 6.45) is 0. The van der Waals surface area contributed by atoms with E-state index in [1.807, 2.05) is 37.2 Å². The van der Waals surface area contributed by atoms with Crippen molar-refractivity contribution in [1.29, 1.82) is 0 Å². The SMILES string of the molecule is CN(C)c1cccc(C(=O)NC(=NCCN2CCOCC2)Nc2ccc(F)cc2)c1. The van der Waals surface area contributed by atoms with E-state index in [2.05, 4.69) is 20.5 Å². The van der Waals surface area contributed by atoms with Gasteiger partial charge in [0, 0.05) is 50.7 Å². The molecule has 1 aliphatic heterocycles. The number of amides is 1. The Morgan fingerprint density at radius 1 is 1.17 bits per heavy atom. The third-order valence-electron chi connectivity index (χ3n) is 4.75. The second kappa shape index (κ2) is 10.7. The summed E-state index contributed by atoms with van der Waals surface area (Å²) in [7, 11) is 3.84. The van der Waals surface area contributed by atoms with E-state index in [9.17, 15) is 9.18 Å². The summed E-state index contributed by atoms with van der Waals surface area (Å²) in [5.74, 6) is -0.260. The lowest BCUT2D eigenvalue weighted by atomic mass is 10.2.